The van der Waals surface area contributed by atoms with Crippen LogP contribution in [0.3, 0.4) is 0 Å². The molecule has 0 N–H and O–H groups in total. The number of benzene rings is 1. The summed E-state index contributed by atoms with van der Waals surface area (Å²) in [5, 5.41) is 32.8. The van der Waals surface area contributed by atoms with Crippen LogP contribution in [-0.2, 0) is 9.53 Å². The van der Waals surface area contributed by atoms with Crippen molar-refractivity contribution < 1.29 is 24.3 Å². The second-order valence-electron chi connectivity index (χ2n) is 3.95. The van der Waals surface area contributed by atoms with Crippen molar-refractivity contribution in [3.05, 3.63) is 60.7 Å². The molecule has 11 nitrogen and oxygen atoms in total. The number of hydrogen-bond donors (Lipinski definition) is 0. The van der Waals surface area contributed by atoms with Crippen LogP contribution in [0.4, 0.5) is 17.1 Å². The van der Waals surface area contributed by atoms with Crippen LogP contribution in [-0.4, -0.2) is 20.7 Å². The molecule has 0 aliphatic rings. The fourth-order valence-electron chi connectivity index (χ4n) is 1.71. The van der Waals surface area contributed by atoms with Crippen LogP contribution in [0.1, 0.15) is 18.6 Å². The van der Waals surface area contributed by atoms with Gasteiger partial charge >= 0.3 is 5.97 Å². The number of ether oxygens (including phenoxy) is 1. The van der Waals surface area contributed by atoms with Gasteiger partial charge in [-0.3, -0.25) is 30.3 Å². The first-order valence-electron chi connectivity index (χ1n) is 5.63. The van der Waals surface area contributed by atoms with E-state index < -0.39 is 49.5 Å². The number of carbonyl (C=O) groups excluding carboxylic acids is 1. The molecule has 0 heterocycles. The predicted octanol–water partition coefficient (Wildman–Crippen LogP) is 2.20. The third kappa shape index (κ3) is 3.39. The Morgan fingerprint density at radius 3 is 1.91 bits per heavy atom. The first-order chi connectivity index (χ1) is 10.2. The van der Waals surface area contributed by atoms with Gasteiger partial charge < -0.3 is 4.74 Å². The Labute approximate surface area is 122 Å². The molecule has 22 heavy (non-hydrogen) atoms. The third-order valence-electron chi connectivity index (χ3n) is 2.59. The Morgan fingerprint density at radius 2 is 1.59 bits per heavy atom. The van der Waals surface area contributed by atoms with Crippen LogP contribution in [0.5, 0.6) is 0 Å². The highest BCUT2D eigenvalue weighted by Gasteiger charge is 2.34. The van der Waals surface area contributed by atoms with E-state index in [9.17, 15) is 35.1 Å². The fraction of sp³-hybridized carbons (Fsp3) is 0.182. The van der Waals surface area contributed by atoms with Crippen molar-refractivity contribution in [2.75, 3.05) is 0 Å². The number of nitrogens with zero attached hydrogens (tertiary/aromatic N) is 3. The zero-order valence-corrected chi connectivity index (χ0v) is 11.1. The monoisotopic (exact) mass is 311 g/mol. The van der Waals surface area contributed by atoms with E-state index >= 15 is 0 Å². The second-order valence-corrected chi connectivity index (χ2v) is 3.95. The van der Waals surface area contributed by atoms with E-state index in [0.717, 1.165) is 6.08 Å². The molecule has 0 saturated carbocycles. The molecule has 1 aromatic rings. The highest BCUT2D eigenvalue weighted by molar-refractivity contribution is 5.81. The van der Waals surface area contributed by atoms with Crippen molar-refractivity contribution in [1.29, 1.82) is 0 Å². The number of carbonyl (C=O) groups is 1. The highest BCUT2D eigenvalue weighted by Crippen LogP contribution is 2.39. The van der Waals surface area contributed by atoms with Gasteiger partial charge in [-0.05, 0) is 6.92 Å². The van der Waals surface area contributed by atoms with Crippen molar-refractivity contribution in [3.63, 3.8) is 0 Å². The van der Waals surface area contributed by atoms with E-state index in [2.05, 4.69) is 6.58 Å². The fourth-order valence-corrected chi connectivity index (χ4v) is 1.71. The summed E-state index contributed by atoms with van der Waals surface area (Å²) in [6.45, 7) is 4.30. The number of hydrogen-bond acceptors (Lipinski definition) is 8. The van der Waals surface area contributed by atoms with Gasteiger partial charge in [0.05, 0.1) is 26.9 Å². The molecule has 0 aromatic heterocycles. The lowest BCUT2D eigenvalue weighted by Gasteiger charge is -2.12. The zero-order chi connectivity index (χ0) is 17.0. The van der Waals surface area contributed by atoms with Gasteiger partial charge in [-0.15, -0.1) is 0 Å². The van der Waals surface area contributed by atoms with Crippen LogP contribution in [0, 0.1) is 30.3 Å². The topological polar surface area (TPSA) is 156 Å². The maximum absolute atomic E-state index is 11.1. The summed E-state index contributed by atoms with van der Waals surface area (Å²) < 4.78 is 4.73. The van der Waals surface area contributed by atoms with Gasteiger partial charge in [0.25, 0.3) is 17.1 Å². The Hall–Kier alpha value is -3.37. The molecule has 0 saturated heterocycles. The summed E-state index contributed by atoms with van der Waals surface area (Å²) in [4.78, 5) is 40.9. The predicted molar refractivity (Wildman–Crippen MR) is 71.1 cm³/mol. The minimum Gasteiger partial charge on any atom is -0.454 e. The lowest BCUT2D eigenvalue weighted by Crippen LogP contribution is -2.11. The summed E-state index contributed by atoms with van der Waals surface area (Å²) in [5.74, 6) is -0.950. The van der Waals surface area contributed by atoms with Gasteiger partial charge in [-0.2, -0.15) is 0 Å². The molecule has 0 fully saturated rings. The Morgan fingerprint density at radius 1 is 1.14 bits per heavy atom. The molecular formula is C11H9N3O8. The molecule has 1 rings (SSSR count). The quantitative estimate of drug-likeness (QED) is 0.335. The van der Waals surface area contributed by atoms with Crippen LogP contribution in [0.25, 0.3) is 0 Å². The minimum atomic E-state index is -1.37. The molecule has 0 bridgehead atoms. The van der Waals surface area contributed by atoms with E-state index in [1.54, 1.807) is 0 Å². The van der Waals surface area contributed by atoms with Gasteiger partial charge in [0.2, 0.25) is 0 Å². The van der Waals surface area contributed by atoms with E-state index in [1.807, 2.05) is 0 Å². The summed E-state index contributed by atoms with van der Waals surface area (Å²) >= 11 is 0. The minimum absolute atomic E-state index is 0.546. The lowest BCUT2D eigenvalue weighted by atomic mass is 10.0. The molecule has 0 aliphatic heterocycles. The molecule has 116 valence electrons. The van der Waals surface area contributed by atoms with Crippen molar-refractivity contribution in [2.24, 2.45) is 0 Å². The molecular weight excluding hydrogens is 302 g/mol. The molecule has 1 aromatic carbocycles. The summed E-state index contributed by atoms with van der Waals surface area (Å²) in [6, 6.07) is 1.14. The van der Waals surface area contributed by atoms with Crippen molar-refractivity contribution in [3.8, 4) is 0 Å². The summed E-state index contributed by atoms with van der Waals surface area (Å²) in [5.41, 5.74) is -3.13. The average molecular weight is 311 g/mol. The van der Waals surface area contributed by atoms with Crippen LogP contribution in [0.15, 0.2) is 24.8 Å². The van der Waals surface area contributed by atoms with Crippen LogP contribution >= 0.6 is 0 Å². The van der Waals surface area contributed by atoms with Gasteiger partial charge in [0.15, 0.2) is 0 Å². The first-order valence-corrected chi connectivity index (χ1v) is 5.63. The Bertz CT molecular complexity index is 649. The van der Waals surface area contributed by atoms with Crippen molar-refractivity contribution in [2.45, 2.75) is 13.0 Å². The maximum Gasteiger partial charge on any atom is 0.330 e. The zero-order valence-electron chi connectivity index (χ0n) is 11.1. The molecule has 0 spiro atoms. The van der Waals surface area contributed by atoms with Gasteiger partial charge in [0, 0.05) is 6.08 Å². The highest BCUT2D eigenvalue weighted by atomic mass is 16.6. The lowest BCUT2D eigenvalue weighted by molar-refractivity contribution is -0.404. The smallest absolute Gasteiger partial charge is 0.330 e. The number of nitro benzene ring substituents is 3. The SMILES string of the molecule is C=CC(=O)OC(C)c1c([N+](=O)[O-])cc([N+](=O)[O-])cc1[N+](=O)[O-]. The molecule has 0 aliphatic carbocycles. The van der Waals surface area contributed by atoms with Gasteiger partial charge in [0.1, 0.15) is 11.7 Å². The van der Waals surface area contributed by atoms with Crippen LogP contribution in [0.2, 0.25) is 0 Å². The van der Waals surface area contributed by atoms with Gasteiger partial charge in [-0.25, -0.2) is 4.79 Å². The molecule has 11 heteroatoms. The number of rotatable bonds is 6. The van der Waals surface area contributed by atoms with E-state index in [-0.39, 0.29) is 0 Å². The molecule has 1 atom stereocenters. The summed E-state index contributed by atoms with van der Waals surface area (Å²) in [7, 11) is 0. The molecule has 0 amide bonds. The van der Waals surface area contributed by atoms with Gasteiger partial charge in [-0.1, -0.05) is 6.58 Å². The first kappa shape index (κ1) is 16.7. The van der Waals surface area contributed by atoms with Crippen molar-refractivity contribution >= 4 is 23.0 Å². The normalized spacial score (nSPS) is 11.3. The number of non-ortho nitro benzene ring substituents is 1. The average Bonchev–Trinajstić information content (AvgIpc) is 2.44. The third-order valence-corrected chi connectivity index (χ3v) is 2.59. The van der Waals surface area contributed by atoms with E-state index in [1.165, 1.54) is 6.92 Å². The van der Waals surface area contributed by atoms with Crippen molar-refractivity contribution in [1.82, 2.24) is 0 Å². The van der Waals surface area contributed by atoms with Crippen LogP contribution < -0.4 is 0 Å². The largest absolute Gasteiger partial charge is 0.454 e. The standard InChI is InChI=1S/C11H9N3O8/c1-3-10(15)22-6(2)11-8(13(18)19)4-7(12(16)17)5-9(11)14(20)21/h3-6H,1H2,2H3. The molecule has 0 radical (unpaired) electrons. The molecule has 1 unspecified atom stereocenters. The Kier molecular flexibility index (Phi) is 4.84. The van der Waals surface area contributed by atoms with E-state index in [4.69, 9.17) is 4.74 Å². The number of nitro groups is 3. The maximum atomic E-state index is 11.1. The van der Waals surface area contributed by atoms with E-state index in [0.29, 0.717) is 12.1 Å². The second kappa shape index (κ2) is 6.39. The summed E-state index contributed by atoms with van der Waals surface area (Å²) in [6.07, 6.45) is -0.591. The number of esters is 1. The Balaban J connectivity index is 3.61.